The molecule has 1 amide bonds. The lowest BCUT2D eigenvalue weighted by Gasteiger charge is -2.08. The van der Waals surface area contributed by atoms with Crippen molar-refractivity contribution in [2.24, 2.45) is 10.2 Å². The Morgan fingerprint density at radius 1 is 0.935 bits per heavy atom. The highest BCUT2D eigenvalue weighted by molar-refractivity contribution is 5.99. The van der Waals surface area contributed by atoms with E-state index in [9.17, 15) is 19.5 Å². The summed E-state index contributed by atoms with van der Waals surface area (Å²) >= 11 is 0. The van der Waals surface area contributed by atoms with Gasteiger partial charge in [-0.3, -0.25) is 9.59 Å². The summed E-state index contributed by atoms with van der Waals surface area (Å²) in [6, 6.07) is 19.0. The van der Waals surface area contributed by atoms with Crippen LogP contribution >= 0.6 is 0 Å². The Bertz CT molecular complexity index is 1140. The second kappa shape index (κ2) is 9.93. The third kappa shape index (κ3) is 6.07. The number of carbonyl (C=O) groups excluding carboxylic acids is 3. The number of amides is 1. The molecule has 2 N–H and O–H groups in total. The maximum atomic E-state index is 12.4. The fraction of sp³-hybridized carbons (Fsp3) is 0.0870. The monoisotopic (exact) mass is 417 g/mol. The number of carbonyl (C=O) groups is 3. The molecule has 0 radical (unpaired) electrons. The molecular weight excluding hydrogens is 398 g/mol. The standard InChI is InChI=1S/C23H19N3O5/c1-15(27)16-5-4-6-18(13-16)24-22(29)14-31-23(30)20-7-2-3-8-21(20)26-25-17-9-11-19(28)12-10-17/h2-13,28H,14H2,1H3,(H,24,29). The van der Waals surface area contributed by atoms with Crippen molar-refractivity contribution in [1.82, 2.24) is 0 Å². The van der Waals surface area contributed by atoms with Crippen LogP contribution in [0.25, 0.3) is 0 Å². The van der Waals surface area contributed by atoms with E-state index in [-0.39, 0.29) is 22.8 Å². The maximum Gasteiger partial charge on any atom is 0.340 e. The molecule has 0 saturated heterocycles. The van der Waals surface area contributed by atoms with E-state index < -0.39 is 18.5 Å². The Kier molecular flexibility index (Phi) is 6.85. The first-order valence-corrected chi connectivity index (χ1v) is 9.30. The minimum Gasteiger partial charge on any atom is -0.508 e. The van der Waals surface area contributed by atoms with Gasteiger partial charge in [-0.1, -0.05) is 24.3 Å². The van der Waals surface area contributed by atoms with Crippen LogP contribution in [0, 0.1) is 0 Å². The van der Waals surface area contributed by atoms with E-state index >= 15 is 0 Å². The van der Waals surface area contributed by atoms with Gasteiger partial charge in [0.2, 0.25) is 0 Å². The smallest absolute Gasteiger partial charge is 0.340 e. The number of esters is 1. The highest BCUT2D eigenvalue weighted by Gasteiger charge is 2.14. The lowest BCUT2D eigenvalue weighted by molar-refractivity contribution is -0.119. The first kappa shape index (κ1) is 21.4. The van der Waals surface area contributed by atoms with Crippen LogP contribution < -0.4 is 5.32 Å². The molecule has 0 heterocycles. The van der Waals surface area contributed by atoms with Crippen LogP contribution in [0.15, 0.2) is 83.0 Å². The predicted octanol–water partition coefficient (Wildman–Crippen LogP) is 4.81. The Balaban J connectivity index is 1.63. The minimum atomic E-state index is -0.729. The van der Waals surface area contributed by atoms with Crippen LogP contribution in [-0.2, 0) is 9.53 Å². The van der Waals surface area contributed by atoms with Crippen molar-refractivity contribution in [2.45, 2.75) is 6.92 Å². The Labute approximate surface area is 178 Å². The van der Waals surface area contributed by atoms with Gasteiger partial charge in [0, 0.05) is 11.3 Å². The molecule has 0 bridgehead atoms. The molecule has 8 heteroatoms. The van der Waals surface area contributed by atoms with Crippen molar-refractivity contribution in [3.63, 3.8) is 0 Å². The average molecular weight is 417 g/mol. The number of benzene rings is 3. The van der Waals surface area contributed by atoms with E-state index in [4.69, 9.17) is 4.74 Å². The molecule has 0 aliphatic carbocycles. The molecule has 3 aromatic rings. The topological polar surface area (TPSA) is 117 Å². The molecule has 0 saturated carbocycles. The number of hydrogen-bond acceptors (Lipinski definition) is 7. The second-order valence-corrected chi connectivity index (χ2v) is 6.49. The van der Waals surface area contributed by atoms with Gasteiger partial charge < -0.3 is 15.2 Å². The SMILES string of the molecule is CC(=O)c1cccc(NC(=O)COC(=O)c2ccccc2N=Nc2ccc(O)cc2)c1. The van der Waals surface area contributed by atoms with E-state index in [2.05, 4.69) is 15.5 Å². The van der Waals surface area contributed by atoms with E-state index in [0.717, 1.165) is 0 Å². The van der Waals surface area contributed by atoms with Crippen molar-refractivity contribution in [3.8, 4) is 5.75 Å². The van der Waals surface area contributed by atoms with Crippen LogP contribution in [0.3, 0.4) is 0 Å². The molecule has 0 atom stereocenters. The zero-order valence-electron chi connectivity index (χ0n) is 16.6. The molecule has 3 aromatic carbocycles. The summed E-state index contributed by atoms with van der Waals surface area (Å²) < 4.78 is 5.10. The van der Waals surface area contributed by atoms with E-state index in [1.54, 1.807) is 54.6 Å². The zero-order valence-corrected chi connectivity index (χ0v) is 16.6. The predicted molar refractivity (Wildman–Crippen MR) is 114 cm³/mol. The molecule has 0 aliphatic rings. The second-order valence-electron chi connectivity index (χ2n) is 6.49. The maximum absolute atomic E-state index is 12.4. The number of azo groups is 1. The van der Waals surface area contributed by atoms with Crippen LogP contribution in [0.5, 0.6) is 5.75 Å². The van der Waals surface area contributed by atoms with Crippen LogP contribution in [0.4, 0.5) is 17.1 Å². The first-order chi connectivity index (χ1) is 14.9. The van der Waals surface area contributed by atoms with Crippen LogP contribution in [0.1, 0.15) is 27.6 Å². The van der Waals surface area contributed by atoms with E-state index in [0.29, 0.717) is 16.9 Å². The number of nitrogens with zero attached hydrogens (tertiary/aromatic N) is 2. The number of phenols is 1. The van der Waals surface area contributed by atoms with Gasteiger partial charge in [-0.2, -0.15) is 5.11 Å². The minimum absolute atomic E-state index is 0.106. The third-order valence-corrected chi connectivity index (χ3v) is 4.13. The number of ketones is 1. The number of phenolic OH excluding ortho intramolecular Hbond substituents is 1. The average Bonchev–Trinajstić information content (AvgIpc) is 2.77. The molecule has 8 nitrogen and oxygen atoms in total. The number of ether oxygens (including phenoxy) is 1. The summed E-state index contributed by atoms with van der Waals surface area (Å²) in [5.74, 6) is -1.29. The third-order valence-electron chi connectivity index (χ3n) is 4.13. The number of nitrogens with one attached hydrogen (secondary N) is 1. The van der Waals surface area contributed by atoms with Gasteiger partial charge in [-0.25, -0.2) is 4.79 Å². The van der Waals surface area contributed by atoms with Crippen molar-refractivity contribution in [2.75, 3.05) is 11.9 Å². The summed E-state index contributed by atoms with van der Waals surface area (Å²) in [7, 11) is 0. The molecule has 156 valence electrons. The van der Waals surface area contributed by atoms with Crippen molar-refractivity contribution in [3.05, 3.63) is 83.9 Å². The number of Topliss-reactive ketones (excluding diaryl/α,β-unsaturated/α-hetero) is 1. The molecule has 0 aliphatic heterocycles. The van der Waals surface area contributed by atoms with Crippen molar-refractivity contribution < 1.29 is 24.2 Å². The Morgan fingerprint density at radius 2 is 1.68 bits per heavy atom. The van der Waals surface area contributed by atoms with Gasteiger partial charge in [0.05, 0.1) is 11.3 Å². The van der Waals surface area contributed by atoms with E-state index in [1.165, 1.54) is 25.1 Å². The molecule has 3 rings (SSSR count). The summed E-state index contributed by atoms with van der Waals surface area (Å²) in [4.78, 5) is 36.0. The Hall–Kier alpha value is -4.33. The van der Waals surface area contributed by atoms with Crippen LogP contribution in [0.2, 0.25) is 0 Å². The van der Waals surface area contributed by atoms with Gasteiger partial charge in [0.1, 0.15) is 11.4 Å². The highest BCUT2D eigenvalue weighted by atomic mass is 16.5. The van der Waals surface area contributed by atoms with Gasteiger partial charge >= 0.3 is 5.97 Å². The van der Waals surface area contributed by atoms with Gasteiger partial charge in [0.15, 0.2) is 12.4 Å². The summed E-state index contributed by atoms with van der Waals surface area (Å²) in [5.41, 5.74) is 1.80. The molecule has 0 spiro atoms. The van der Waals surface area contributed by atoms with Crippen molar-refractivity contribution >= 4 is 34.7 Å². The number of aromatic hydroxyl groups is 1. The summed E-state index contributed by atoms with van der Waals surface area (Å²) in [6.45, 7) is 0.922. The van der Waals surface area contributed by atoms with Gasteiger partial charge in [0.25, 0.3) is 5.91 Å². The number of rotatable bonds is 7. The molecular formula is C23H19N3O5. The lowest BCUT2D eigenvalue weighted by Crippen LogP contribution is -2.21. The number of hydrogen-bond donors (Lipinski definition) is 2. The quantitative estimate of drug-likeness (QED) is 0.325. The fourth-order valence-corrected chi connectivity index (χ4v) is 2.59. The molecule has 0 fully saturated rings. The largest absolute Gasteiger partial charge is 0.508 e. The van der Waals surface area contributed by atoms with Crippen LogP contribution in [-0.4, -0.2) is 29.4 Å². The van der Waals surface area contributed by atoms with Gasteiger partial charge in [-0.05, 0) is 55.5 Å². The lowest BCUT2D eigenvalue weighted by atomic mass is 10.1. The molecule has 31 heavy (non-hydrogen) atoms. The normalized spacial score (nSPS) is 10.6. The highest BCUT2D eigenvalue weighted by Crippen LogP contribution is 2.24. The van der Waals surface area contributed by atoms with Gasteiger partial charge in [-0.15, -0.1) is 5.11 Å². The Morgan fingerprint density at radius 3 is 2.42 bits per heavy atom. The fourth-order valence-electron chi connectivity index (χ4n) is 2.59. The molecule has 0 unspecified atom stereocenters. The van der Waals surface area contributed by atoms with Crippen molar-refractivity contribution in [1.29, 1.82) is 0 Å². The molecule has 0 aromatic heterocycles. The summed E-state index contributed by atoms with van der Waals surface area (Å²) in [5, 5.41) is 20.0. The zero-order chi connectivity index (χ0) is 22.2. The first-order valence-electron chi connectivity index (χ1n) is 9.30. The summed E-state index contributed by atoms with van der Waals surface area (Å²) in [6.07, 6.45) is 0. The van der Waals surface area contributed by atoms with E-state index in [1.807, 2.05) is 0 Å². The number of anilines is 1.